The molecule has 0 saturated carbocycles. The first-order valence-corrected chi connectivity index (χ1v) is 6.35. The van der Waals surface area contributed by atoms with E-state index in [1.54, 1.807) is 18.2 Å². The fourth-order valence-electron chi connectivity index (χ4n) is 1.27. The minimum Gasteiger partial charge on any atom is -0.350 e. The van der Waals surface area contributed by atoms with Crippen molar-refractivity contribution in [2.45, 2.75) is 31.2 Å². The lowest BCUT2D eigenvalue weighted by Gasteiger charge is -2.30. The molecule has 1 aromatic heterocycles. The molecule has 0 fully saturated rings. The van der Waals surface area contributed by atoms with Crippen LogP contribution >= 0.6 is 15.9 Å². The van der Waals surface area contributed by atoms with Gasteiger partial charge in [0, 0.05) is 0 Å². The van der Waals surface area contributed by atoms with E-state index in [9.17, 15) is 13.2 Å². The number of alkyl halides is 3. The summed E-state index contributed by atoms with van der Waals surface area (Å²) in [6, 6.07) is 6.02. The lowest BCUT2D eigenvalue weighted by Crippen LogP contribution is -2.49. The molecule has 0 radical (unpaired) electrons. The van der Waals surface area contributed by atoms with Gasteiger partial charge < -0.3 is 10.5 Å². The van der Waals surface area contributed by atoms with E-state index in [0.717, 1.165) is 6.07 Å². The van der Waals surface area contributed by atoms with Gasteiger partial charge in [0.1, 0.15) is 10.7 Å². The Morgan fingerprint density at radius 1 is 1.40 bits per heavy atom. The van der Waals surface area contributed by atoms with Crippen LogP contribution in [0.1, 0.15) is 19.5 Å². The van der Waals surface area contributed by atoms with E-state index in [1.165, 1.54) is 6.92 Å². The first-order chi connectivity index (χ1) is 9.02. The summed E-state index contributed by atoms with van der Waals surface area (Å²) in [5.41, 5.74) is 2.12. The Hall–Kier alpha value is -1.17. The second-order valence-corrected chi connectivity index (χ2v) is 5.51. The van der Waals surface area contributed by atoms with Crippen molar-refractivity contribution in [3.05, 3.63) is 28.5 Å². The number of hydrogen-bond acceptors (Lipinski definition) is 4. The molecule has 2 atom stereocenters. The summed E-state index contributed by atoms with van der Waals surface area (Å²) >= 11 is 3.15. The maximum absolute atomic E-state index is 12.7. The number of pyridine rings is 1. The second-order valence-electron chi connectivity index (χ2n) is 4.69. The van der Waals surface area contributed by atoms with Gasteiger partial charge >= 0.3 is 6.18 Å². The van der Waals surface area contributed by atoms with Crippen molar-refractivity contribution in [3.63, 3.8) is 0 Å². The maximum atomic E-state index is 12.7. The van der Waals surface area contributed by atoms with E-state index in [4.69, 9.17) is 15.7 Å². The highest BCUT2D eigenvalue weighted by molar-refractivity contribution is 9.10. The summed E-state index contributed by atoms with van der Waals surface area (Å²) in [6.45, 7) is 1.65. The van der Waals surface area contributed by atoms with Gasteiger partial charge in [-0.15, -0.1) is 0 Å². The van der Waals surface area contributed by atoms with Crippen molar-refractivity contribution in [1.82, 2.24) is 4.98 Å². The summed E-state index contributed by atoms with van der Waals surface area (Å²) in [7, 11) is 0. The number of nitrogens with two attached hydrogens (primary N) is 1. The predicted molar refractivity (Wildman–Crippen MR) is 69.5 cm³/mol. The van der Waals surface area contributed by atoms with Crippen molar-refractivity contribution < 1.29 is 17.9 Å². The minimum absolute atomic E-state index is 0.356. The molecule has 2 N–H and O–H groups in total. The average Bonchev–Trinajstić information content (AvgIpc) is 2.34. The molecule has 0 amide bonds. The largest absolute Gasteiger partial charge is 0.430 e. The van der Waals surface area contributed by atoms with E-state index in [2.05, 4.69) is 20.9 Å². The summed E-state index contributed by atoms with van der Waals surface area (Å²) in [4.78, 5) is 4.08. The predicted octanol–water partition coefficient (Wildman–Crippen LogP) is 2.88. The smallest absolute Gasteiger partial charge is 0.350 e. The molecule has 20 heavy (non-hydrogen) atoms. The number of hydrogen-bond donors (Lipinski definition) is 1. The van der Waals surface area contributed by atoms with Gasteiger partial charge in [-0.1, -0.05) is 6.07 Å². The number of aromatic nitrogens is 1. The van der Waals surface area contributed by atoms with Gasteiger partial charge in [0.15, 0.2) is 0 Å². The zero-order valence-electron chi connectivity index (χ0n) is 10.8. The van der Waals surface area contributed by atoms with E-state index >= 15 is 0 Å². The van der Waals surface area contributed by atoms with Crippen molar-refractivity contribution in [2.24, 2.45) is 5.73 Å². The minimum atomic E-state index is -4.80. The Labute approximate surface area is 122 Å². The third-order valence-corrected chi connectivity index (χ3v) is 3.16. The summed E-state index contributed by atoms with van der Waals surface area (Å²) in [6.07, 6.45) is -4.80. The molecular formula is C12H13BrF3N3O. The Morgan fingerprint density at radius 2 is 2.00 bits per heavy atom. The van der Waals surface area contributed by atoms with E-state index in [0.29, 0.717) is 17.2 Å². The molecule has 0 aliphatic heterocycles. The SMILES string of the molecule is C[C@](C#N)(OC[C@@](C)(N)c1cccc(Br)n1)C(F)(F)F. The molecule has 0 aliphatic carbocycles. The van der Waals surface area contributed by atoms with Gasteiger partial charge in [0.2, 0.25) is 5.60 Å². The molecule has 0 aromatic carbocycles. The Kier molecular flexibility index (Phi) is 4.79. The monoisotopic (exact) mass is 351 g/mol. The number of ether oxygens (including phenoxy) is 1. The van der Waals surface area contributed by atoms with Crippen LogP contribution in [0.3, 0.4) is 0 Å². The van der Waals surface area contributed by atoms with Gasteiger partial charge in [0.25, 0.3) is 0 Å². The van der Waals surface area contributed by atoms with Gasteiger partial charge in [-0.2, -0.15) is 18.4 Å². The maximum Gasteiger partial charge on any atom is 0.430 e. The summed E-state index contributed by atoms with van der Waals surface area (Å²) < 4.78 is 43.4. The van der Waals surface area contributed by atoms with Crippen LogP contribution in [0.15, 0.2) is 22.8 Å². The zero-order valence-corrected chi connectivity index (χ0v) is 12.4. The molecule has 1 heterocycles. The highest BCUT2D eigenvalue weighted by Crippen LogP contribution is 2.34. The van der Waals surface area contributed by atoms with Crippen LogP contribution in [-0.4, -0.2) is 23.4 Å². The van der Waals surface area contributed by atoms with Gasteiger partial charge in [-0.05, 0) is 41.9 Å². The average molecular weight is 352 g/mol. The van der Waals surface area contributed by atoms with Crippen LogP contribution in [0, 0.1) is 11.3 Å². The van der Waals surface area contributed by atoms with Gasteiger partial charge in [0.05, 0.1) is 17.8 Å². The van der Waals surface area contributed by atoms with Crippen LogP contribution in [-0.2, 0) is 10.3 Å². The van der Waals surface area contributed by atoms with Crippen molar-refractivity contribution in [3.8, 4) is 6.07 Å². The topological polar surface area (TPSA) is 71.9 Å². The van der Waals surface area contributed by atoms with Crippen LogP contribution in [0.4, 0.5) is 13.2 Å². The van der Waals surface area contributed by atoms with Crippen molar-refractivity contribution in [2.75, 3.05) is 6.61 Å². The molecule has 8 heteroatoms. The fraction of sp³-hybridized carbons (Fsp3) is 0.500. The van der Waals surface area contributed by atoms with E-state index in [-0.39, 0.29) is 0 Å². The number of nitrogens with zero attached hydrogens (tertiary/aromatic N) is 2. The second kappa shape index (κ2) is 5.68. The third-order valence-electron chi connectivity index (χ3n) is 2.72. The first kappa shape index (κ1) is 16.9. The van der Waals surface area contributed by atoms with Crippen LogP contribution in [0.25, 0.3) is 0 Å². The molecule has 0 spiro atoms. The normalized spacial score (nSPS) is 17.9. The first-order valence-electron chi connectivity index (χ1n) is 5.56. The fourth-order valence-corrected chi connectivity index (χ4v) is 1.62. The highest BCUT2D eigenvalue weighted by Gasteiger charge is 2.54. The Bertz CT molecular complexity index is 527. The number of halogens is 4. The number of rotatable bonds is 4. The molecule has 0 unspecified atom stereocenters. The molecule has 0 aliphatic rings. The highest BCUT2D eigenvalue weighted by atomic mass is 79.9. The van der Waals surface area contributed by atoms with Crippen molar-refractivity contribution >= 4 is 15.9 Å². The molecule has 1 rings (SSSR count). The third kappa shape index (κ3) is 3.69. The van der Waals surface area contributed by atoms with E-state index in [1.807, 2.05) is 0 Å². The van der Waals surface area contributed by atoms with Gasteiger partial charge in [-0.3, -0.25) is 0 Å². The summed E-state index contributed by atoms with van der Waals surface area (Å²) in [5.74, 6) is 0. The Balaban J connectivity index is 2.91. The molecule has 0 saturated heterocycles. The van der Waals surface area contributed by atoms with Crippen LogP contribution in [0.2, 0.25) is 0 Å². The van der Waals surface area contributed by atoms with Crippen LogP contribution < -0.4 is 5.73 Å². The zero-order chi connectivity index (χ0) is 15.6. The van der Waals surface area contributed by atoms with Crippen molar-refractivity contribution in [1.29, 1.82) is 5.26 Å². The number of nitriles is 1. The summed E-state index contributed by atoms with van der Waals surface area (Å²) in [5, 5.41) is 8.67. The lowest BCUT2D eigenvalue weighted by molar-refractivity contribution is -0.250. The molecule has 0 bridgehead atoms. The molecule has 1 aromatic rings. The molecule has 110 valence electrons. The lowest BCUT2D eigenvalue weighted by atomic mass is 9.99. The standard InChI is InChI=1S/C12H13BrF3N3O/c1-10(18,8-4-3-5-9(13)19-8)7-20-11(2,6-17)12(14,15)16/h3-5H,7,18H2,1-2H3/t10-,11-/m1/s1. The van der Waals surface area contributed by atoms with Gasteiger partial charge in [-0.25, -0.2) is 4.98 Å². The Morgan fingerprint density at radius 3 is 2.45 bits per heavy atom. The van der Waals surface area contributed by atoms with E-state index < -0.39 is 23.9 Å². The molecule has 4 nitrogen and oxygen atoms in total. The van der Waals surface area contributed by atoms with Crippen LogP contribution in [0.5, 0.6) is 0 Å². The quantitative estimate of drug-likeness (QED) is 0.846. The molecular weight excluding hydrogens is 339 g/mol.